The lowest BCUT2D eigenvalue weighted by Gasteiger charge is -2.13. The molecule has 0 bridgehead atoms. The molecule has 0 unspecified atom stereocenters. The van der Waals surface area contributed by atoms with Crippen LogP contribution in [0.4, 0.5) is 15.8 Å². The Bertz CT molecular complexity index is 1030. The lowest BCUT2D eigenvalue weighted by molar-refractivity contribution is 0.579. The van der Waals surface area contributed by atoms with E-state index in [-0.39, 0.29) is 12.4 Å². The fourth-order valence-corrected chi connectivity index (χ4v) is 3.50. The number of nitrogens with one attached hydrogen (secondary N) is 2. The highest BCUT2D eigenvalue weighted by molar-refractivity contribution is 7.80. The Hall–Kier alpha value is -1.86. The molecule has 2 aromatic carbocycles. The van der Waals surface area contributed by atoms with Gasteiger partial charge in [-0.1, -0.05) is 40.9 Å². The number of aryl methyl sites for hydroxylation is 1. The molecule has 146 valence electrons. The van der Waals surface area contributed by atoms with Crippen LogP contribution in [0.5, 0.6) is 0 Å². The largest absolute Gasteiger partial charge is 0.331 e. The Morgan fingerprint density at radius 2 is 1.86 bits per heavy atom. The van der Waals surface area contributed by atoms with Gasteiger partial charge in [0.1, 0.15) is 5.82 Å². The number of rotatable bonds is 4. The minimum Gasteiger partial charge on any atom is -0.331 e. The maximum absolute atomic E-state index is 14.1. The Labute approximate surface area is 182 Å². The van der Waals surface area contributed by atoms with Gasteiger partial charge in [-0.25, -0.2) is 4.39 Å². The van der Waals surface area contributed by atoms with E-state index < -0.39 is 0 Å². The van der Waals surface area contributed by atoms with Crippen LogP contribution in [0.1, 0.15) is 17.0 Å². The van der Waals surface area contributed by atoms with E-state index in [9.17, 15) is 4.39 Å². The maximum atomic E-state index is 14.1. The molecule has 0 aliphatic rings. The topological polar surface area (TPSA) is 41.9 Å². The average Bonchev–Trinajstić information content (AvgIpc) is 2.89. The van der Waals surface area contributed by atoms with Crippen molar-refractivity contribution in [1.29, 1.82) is 0 Å². The van der Waals surface area contributed by atoms with Crippen molar-refractivity contribution in [2.24, 2.45) is 0 Å². The van der Waals surface area contributed by atoms with Gasteiger partial charge in [0.15, 0.2) is 5.11 Å². The van der Waals surface area contributed by atoms with Gasteiger partial charge in [-0.05, 0) is 56.4 Å². The van der Waals surface area contributed by atoms with Crippen LogP contribution in [0.25, 0.3) is 0 Å². The normalized spacial score (nSPS) is 10.8. The van der Waals surface area contributed by atoms with Crippen molar-refractivity contribution in [3.8, 4) is 0 Å². The number of hydrogen-bond donors (Lipinski definition) is 2. The Morgan fingerprint density at radius 1 is 1.11 bits per heavy atom. The van der Waals surface area contributed by atoms with Gasteiger partial charge in [-0.3, -0.25) is 4.68 Å². The maximum Gasteiger partial charge on any atom is 0.175 e. The SMILES string of the molecule is Cc1nn(Cc2c(F)cccc2Cl)c(C)c1NC(=S)Nc1cc(Cl)ccc1Cl. The molecule has 1 heterocycles. The number of thiocarbonyl (C=S) groups is 1. The molecule has 4 nitrogen and oxygen atoms in total. The molecular weight excluding hydrogens is 442 g/mol. The van der Waals surface area contributed by atoms with Crippen LogP contribution in [-0.4, -0.2) is 14.9 Å². The molecule has 0 fully saturated rings. The number of anilines is 2. The van der Waals surface area contributed by atoms with Gasteiger partial charge >= 0.3 is 0 Å². The zero-order valence-electron chi connectivity index (χ0n) is 15.0. The van der Waals surface area contributed by atoms with Gasteiger partial charge in [0, 0.05) is 15.6 Å². The Balaban J connectivity index is 1.80. The van der Waals surface area contributed by atoms with E-state index in [2.05, 4.69) is 15.7 Å². The molecule has 0 atom stereocenters. The molecule has 3 aromatic rings. The number of hydrogen-bond acceptors (Lipinski definition) is 2. The third-order valence-corrected chi connectivity index (χ3v) is 5.29. The molecule has 3 rings (SSSR count). The van der Waals surface area contributed by atoms with Crippen molar-refractivity contribution in [1.82, 2.24) is 9.78 Å². The van der Waals surface area contributed by atoms with E-state index in [4.69, 9.17) is 47.0 Å². The summed E-state index contributed by atoms with van der Waals surface area (Å²) in [5.74, 6) is -0.373. The molecule has 1 aromatic heterocycles. The first-order chi connectivity index (χ1) is 13.3. The molecule has 0 amide bonds. The van der Waals surface area contributed by atoms with Gasteiger partial charge in [-0.15, -0.1) is 0 Å². The van der Waals surface area contributed by atoms with E-state index in [1.165, 1.54) is 6.07 Å². The highest BCUT2D eigenvalue weighted by atomic mass is 35.5. The van der Waals surface area contributed by atoms with Crippen LogP contribution in [0.3, 0.4) is 0 Å². The number of benzene rings is 2. The lowest BCUT2D eigenvalue weighted by atomic mass is 10.2. The molecule has 0 radical (unpaired) electrons. The zero-order chi connectivity index (χ0) is 20.4. The molecule has 2 N–H and O–H groups in total. The number of aromatic nitrogens is 2. The van der Waals surface area contributed by atoms with Gasteiger partial charge in [0.2, 0.25) is 0 Å². The van der Waals surface area contributed by atoms with E-state index in [1.54, 1.807) is 35.0 Å². The first-order valence-corrected chi connectivity index (χ1v) is 9.80. The van der Waals surface area contributed by atoms with Gasteiger partial charge in [0.25, 0.3) is 0 Å². The summed E-state index contributed by atoms with van der Waals surface area (Å²) in [6.45, 7) is 3.91. The third-order valence-electron chi connectivity index (χ3n) is 4.17. The number of nitrogens with zero attached hydrogens (tertiary/aromatic N) is 2. The smallest absolute Gasteiger partial charge is 0.175 e. The van der Waals surface area contributed by atoms with Gasteiger partial charge in [0.05, 0.1) is 34.3 Å². The Morgan fingerprint density at radius 3 is 2.57 bits per heavy atom. The molecule has 0 aliphatic heterocycles. The highest BCUT2D eigenvalue weighted by Gasteiger charge is 2.16. The molecule has 28 heavy (non-hydrogen) atoms. The molecule has 0 spiro atoms. The molecular formula is C19H16Cl3FN4S. The minimum absolute atomic E-state index is 0.209. The van der Waals surface area contributed by atoms with Crippen molar-refractivity contribution in [2.45, 2.75) is 20.4 Å². The molecule has 0 saturated heterocycles. The summed E-state index contributed by atoms with van der Waals surface area (Å²) in [5, 5.41) is 12.3. The van der Waals surface area contributed by atoms with Gasteiger partial charge < -0.3 is 10.6 Å². The predicted molar refractivity (Wildman–Crippen MR) is 119 cm³/mol. The van der Waals surface area contributed by atoms with Crippen LogP contribution in [-0.2, 0) is 6.54 Å². The van der Waals surface area contributed by atoms with Crippen molar-refractivity contribution < 1.29 is 4.39 Å². The summed E-state index contributed by atoms with van der Waals surface area (Å²) in [6, 6.07) is 9.65. The average molecular weight is 458 g/mol. The standard InChI is InChI=1S/C19H16Cl3FN4S/c1-10-18(25-19(28)24-17-8-12(20)6-7-15(17)22)11(2)27(26-10)9-13-14(21)4-3-5-16(13)23/h3-8H,9H2,1-2H3,(H2,24,25,28). The minimum atomic E-state index is -0.373. The first-order valence-electron chi connectivity index (χ1n) is 8.26. The van der Waals surface area contributed by atoms with Gasteiger partial charge in [-0.2, -0.15) is 5.10 Å². The van der Waals surface area contributed by atoms with Crippen molar-refractivity contribution in [3.63, 3.8) is 0 Å². The molecule has 9 heteroatoms. The second kappa shape index (κ2) is 8.66. The van der Waals surface area contributed by atoms with Crippen LogP contribution < -0.4 is 10.6 Å². The first kappa shape index (κ1) is 20.9. The third kappa shape index (κ3) is 4.58. The van der Waals surface area contributed by atoms with E-state index in [1.807, 2.05) is 13.8 Å². The van der Waals surface area contributed by atoms with E-state index in [0.717, 1.165) is 11.4 Å². The second-order valence-electron chi connectivity index (χ2n) is 6.11. The molecule has 0 saturated carbocycles. The van der Waals surface area contributed by atoms with E-state index in [0.29, 0.717) is 37.1 Å². The molecule has 0 aliphatic carbocycles. The van der Waals surface area contributed by atoms with Crippen molar-refractivity contribution in [3.05, 3.63) is 74.2 Å². The van der Waals surface area contributed by atoms with Crippen molar-refractivity contribution >= 4 is 63.5 Å². The van der Waals surface area contributed by atoms with Crippen LogP contribution in [0, 0.1) is 19.7 Å². The monoisotopic (exact) mass is 456 g/mol. The quantitative estimate of drug-likeness (QED) is 0.441. The van der Waals surface area contributed by atoms with Crippen LogP contribution in [0.15, 0.2) is 36.4 Å². The Kier molecular flexibility index (Phi) is 6.45. The summed E-state index contributed by atoms with van der Waals surface area (Å²) in [5.41, 5.74) is 3.20. The van der Waals surface area contributed by atoms with Crippen LogP contribution >= 0.6 is 47.0 Å². The fraction of sp³-hybridized carbons (Fsp3) is 0.158. The lowest BCUT2D eigenvalue weighted by Crippen LogP contribution is -2.20. The number of halogens is 4. The summed E-state index contributed by atoms with van der Waals surface area (Å²) in [7, 11) is 0. The summed E-state index contributed by atoms with van der Waals surface area (Å²) >= 11 is 23.7. The zero-order valence-corrected chi connectivity index (χ0v) is 18.1. The van der Waals surface area contributed by atoms with Crippen molar-refractivity contribution in [2.75, 3.05) is 10.6 Å². The fourth-order valence-electron chi connectivity index (χ4n) is 2.73. The highest BCUT2D eigenvalue weighted by Crippen LogP contribution is 2.27. The predicted octanol–water partition coefficient (Wildman–Crippen LogP) is 6.46. The summed E-state index contributed by atoms with van der Waals surface area (Å²) in [4.78, 5) is 0. The second-order valence-corrected chi connectivity index (χ2v) is 7.77. The van der Waals surface area contributed by atoms with E-state index >= 15 is 0 Å². The summed E-state index contributed by atoms with van der Waals surface area (Å²) < 4.78 is 15.8. The van der Waals surface area contributed by atoms with Crippen LogP contribution in [0.2, 0.25) is 15.1 Å². The summed E-state index contributed by atoms with van der Waals surface area (Å²) in [6.07, 6.45) is 0.